The number of benzene rings is 2. The third kappa shape index (κ3) is 6.31. The molecule has 2 aromatic carbocycles. The molecule has 152 valence electrons. The summed E-state index contributed by atoms with van der Waals surface area (Å²) in [6, 6.07) is 12.7. The van der Waals surface area contributed by atoms with Gasteiger partial charge in [0.1, 0.15) is 5.82 Å². The van der Waals surface area contributed by atoms with Crippen LogP contribution in [0.2, 0.25) is 0 Å². The zero-order chi connectivity index (χ0) is 21.4. The molecule has 2 amide bonds. The molecule has 0 spiro atoms. The number of para-hydroxylation sites is 1. The van der Waals surface area contributed by atoms with Gasteiger partial charge in [0.15, 0.2) is 0 Å². The fourth-order valence-electron chi connectivity index (χ4n) is 2.57. The highest BCUT2D eigenvalue weighted by atomic mass is 19.4. The molecule has 0 aliphatic heterocycles. The molecule has 0 atom stereocenters. The fourth-order valence-corrected chi connectivity index (χ4v) is 2.57. The van der Waals surface area contributed by atoms with Crippen LogP contribution in [-0.4, -0.2) is 18.4 Å². The molecule has 0 fully saturated rings. The molecular formula is C20H17F4N3O2. The van der Waals surface area contributed by atoms with E-state index in [0.717, 1.165) is 6.07 Å². The molecule has 29 heavy (non-hydrogen) atoms. The van der Waals surface area contributed by atoms with Crippen LogP contribution >= 0.6 is 0 Å². The van der Waals surface area contributed by atoms with Crippen molar-refractivity contribution in [3.8, 4) is 6.07 Å². The highest BCUT2D eigenvalue weighted by Crippen LogP contribution is 2.33. The summed E-state index contributed by atoms with van der Waals surface area (Å²) >= 11 is 0. The van der Waals surface area contributed by atoms with Gasteiger partial charge in [-0.1, -0.05) is 18.2 Å². The van der Waals surface area contributed by atoms with E-state index >= 15 is 0 Å². The third-order valence-electron chi connectivity index (χ3n) is 3.94. The van der Waals surface area contributed by atoms with E-state index in [4.69, 9.17) is 5.26 Å². The first-order valence-electron chi connectivity index (χ1n) is 8.61. The maximum Gasteiger partial charge on any atom is 0.419 e. The molecule has 0 saturated carbocycles. The van der Waals surface area contributed by atoms with Gasteiger partial charge in [0, 0.05) is 30.8 Å². The quantitative estimate of drug-likeness (QED) is 0.687. The summed E-state index contributed by atoms with van der Waals surface area (Å²) in [5.74, 6) is -2.54. The standard InChI is InChI=1S/C20H17F4N3O2/c21-17-8-7-14(13-16(17)20(22,23)24)26-18(28)9-10-19(29)27(12-4-11-25)15-5-2-1-3-6-15/h1-3,5-8,13H,4,9-10,12H2,(H,26,28). The minimum Gasteiger partial charge on any atom is -0.326 e. The van der Waals surface area contributed by atoms with E-state index in [2.05, 4.69) is 5.32 Å². The Labute approximate surface area is 164 Å². The zero-order valence-corrected chi connectivity index (χ0v) is 15.2. The summed E-state index contributed by atoms with van der Waals surface area (Å²) in [5.41, 5.74) is -1.14. The second-order valence-electron chi connectivity index (χ2n) is 6.03. The summed E-state index contributed by atoms with van der Waals surface area (Å²) in [7, 11) is 0. The number of rotatable bonds is 7. The van der Waals surface area contributed by atoms with Crippen molar-refractivity contribution in [2.24, 2.45) is 0 Å². The Kier molecular flexibility index (Phi) is 7.31. The molecule has 2 aromatic rings. The van der Waals surface area contributed by atoms with Gasteiger partial charge >= 0.3 is 6.18 Å². The van der Waals surface area contributed by atoms with E-state index in [0.29, 0.717) is 17.8 Å². The van der Waals surface area contributed by atoms with E-state index < -0.39 is 29.4 Å². The van der Waals surface area contributed by atoms with Gasteiger partial charge in [0.2, 0.25) is 11.8 Å². The topological polar surface area (TPSA) is 73.2 Å². The van der Waals surface area contributed by atoms with Gasteiger partial charge < -0.3 is 10.2 Å². The molecule has 1 N–H and O–H groups in total. The molecule has 9 heteroatoms. The van der Waals surface area contributed by atoms with Crippen LogP contribution in [0, 0.1) is 17.1 Å². The number of hydrogen-bond donors (Lipinski definition) is 1. The van der Waals surface area contributed by atoms with Crippen molar-refractivity contribution in [3.63, 3.8) is 0 Å². The maximum atomic E-state index is 13.3. The highest BCUT2D eigenvalue weighted by molar-refractivity contribution is 5.98. The van der Waals surface area contributed by atoms with Crippen molar-refractivity contribution in [2.45, 2.75) is 25.4 Å². The van der Waals surface area contributed by atoms with Gasteiger partial charge in [0.05, 0.1) is 18.1 Å². The molecule has 2 rings (SSSR count). The molecule has 0 saturated heterocycles. The van der Waals surface area contributed by atoms with Crippen LogP contribution in [-0.2, 0) is 15.8 Å². The molecule has 5 nitrogen and oxygen atoms in total. The van der Waals surface area contributed by atoms with Gasteiger partial charge in [0.25, 0.3) is 0 Å². The predicted octanol–water partition coefficient (Wildman–Crippen LogP) is 4.51. The first-order chi connectivity index (χ1) is 13.7. The number of nitriles is 1. The maximum absolute atomic E-state index is 13.3. The van der Waals surface area contributed by atoms with Gasteiger partial charge in [-0.3, -0.25) is 9.59 Å². The Morgan fingerprint density at radius 1 is 1.07 bits per heavy atom. The summed E-state index contributed by atoms with van der Waals surface area (Å²) in [6.45, 7) is 0.147. The summed E-state index contributed by atoms with van der Waals surface area (Å²) in [6.07, 6.45) is -5.28. The second kappa shape index (κ2) is 9.68. The Morgan fingerprint density at radius 3 is 2.38 bits per heavy atom. The summed E-state index contributed by atoms with van der Waals surface area (Å²) in [5, 5.41) is 11.0. The van der Waals surface area contributed by atoms with Crippen LogP contribution in [0.1, 0.15) is 24.8 Å². The molecule has 0 radical (unpaired) electrons. The number of hydrogen-bond acceptors (Lipinski definition) is 3. The predicted molar refractivity (Wildman–Crippen MR) is 98.3 cm³/mol. The third-order valence-corrected chi connectivity index (χ3v) is 3.94. The lowest BCUT2D eigenvalue weighted by Gasteiger charge is -2.21. The van der Waals surface area contributed by atoms with Crippen molar-refractivity contribution >= 4 is 23.2 Å². The largest absolute Gasteiger partial charge is 0.419 e. The highest BCUT2D eigenvalue weighted by Gasteiger charge is 2.34. The number of carbonyl (C=O) groups is 2. The first-order valence-corrected chi connectivity index (χ1v) is 8.61. The minimum absolute atomic E-state index is 0.0998. The Bertz CT molecular complexity index is 908. The number of halogens is 4. The number of nitrogens with zero attached hydrogens (tertiary/aromatic N) is 2. The van der Waals surface area contributed by atoms with Crippen molar-refractivity contribution in [1.82, 2.24) is 0 Å². The Balaban J connectivity index is 2.00. The van der Waals surface area contributed by atoms with E-state index in [1.165, 1.54) is 4.90 Å². The monoisotopic (exact) mass is 407 g/mol. The average molecular weight is 407 g/mol. The van der Waals surface area contributed by atoms with Crippen molar-refractivity contribution in [2.75, 3.05) is 16.8 Å². The first kappa shape index (κ1) is 21.9. The van der Waals surface area contributed by atoms with Gasteiger partial charge in [-0.05, 0) is 30.3 Å². The van der Waals surface area contributed by atoms with Crippen LogP contribution < -0.4 is 10.2 Å². The van der Waals surface area contributed by atoms with E-state index in [1.807, 2.05) is 6.07 Å². The number of anilines is 2. The van der Waals surface area contributed by atoms with Gasteiger partial charge in [-0.2, -0.15) is 18.4 Å². The number of carbonyl (C=O) groups excluding carboxylic acids is 2. The van der Waals surface area contributed by atoms with Crippen LogP contribution in [0.25, 0.3) is 0 Å². The summed E-state index contributed by atoms with van der Waals surface area (Å²) in [4.78, 5) is 25.9. The van der Waals surface area contributed by atoms with Crippen molar-refractivity contribution in [1.29, 1.82) is 5.26 Å². The fraction of sp³-hybridized carbons (Fsp3) is 0.250. The lowest BCUT2D eigenvalue weighted by molar-refractivity contribution is -0.140. The Hall–Kier alpha value is -3.41. The van der Waals surface area contributed by atoms with E-state index in [9.17, 15) is 27.2 Å². The lowest BCUT2D eigenvalue weighted by atomic mass is 10.1. The normalized spacial score (nSPS) is 10.9. The average Bonchev–Trinajstić information content (AvgIpc) is 2.68. The summed E-state index contributed by atoms with van der Waals surface area (Å²) < 4.78 is 51.5. The second-order valence-corrected chi connectivity index (χ2v) is 6.03. The number of amides is 2. The molecule has 0 bridgehead atoms. The van der Waals surface area contributed by atoms with Gasteiger partial charge in [-0.15, -0.1) is 0 Å². The van der Waals surface area contributed by atoms with Crippen LogP contribution in [0.15, 0.2) is 48.5 Å². The molecule has 0 aliphatic carbocycles. The SMILES string of the molecule is N#CCCN(C(=O)CCC(=O)Nc1ccc(F)c(C(F)(F)F)c1)c1ccccc1. The van der Waals surface area contributed by atoms with E-state index in [1.54, 1.807) is 30.3 Å². The lowest BCUT2D eigenvalue weighted by Crippen LogP contribution is -2.32. The molecule has 0 aromatic heterocycles. The van der Waals surface area contributed by atoms with Crippen LogP contribution in [0.3, 0.4) is 0 Å². The Morgan fingerprint density at radius 2 is 1.76 bits per heavy atom. The van der Waals surface area contributed by atoms with Crippen molar-refractivity contribution < 1.29 is 27.2 Å². The van der Waals surface area contributed by atoms with Crippen molar-refractivity contribution in [3.05, 3.63) is 59.9 Å². The number of nitrogens with one attached hydrogen (secondary N) is 1. The number of alkyl halides is 3. The van der Waals surface area contributed by atoms with Crippen LogP contribution in [0.4, 0.5) is 28.9 Å². The van der Waals surface area contributed by atoms with Gasteiger partial charge in [-0.25, -0.2) is 4.39 Å². The molecule has 0 unspecified atom stereocenters. The molecular weight excluding hydrogens is 390 g/mol. The molecule has 0 aliphatic rings. The molecule has 0 heterocycles. The van der Waals surface area contributed by atoms with Crippen LogP contribution in [0.5, 0.6) is 0 Å². The smallest absolute Gasteiger partial charge is 0.326 e. The minimum atomic E-state index is -4.89. The van der Waals surface area contributed by atoms with E-state index in [-0.39, 0.29) is 31.5 Å². The zero-order valence-electron chi connectivity index (χ0n) is 15.2.